The Morgan fingerprint density at radius 2 is 2.18 bits per heavy atom. The second-order valence-electron chi connectivity index (χ2n) is 5.89. The normalized spacial score (nSPS) is 19.8. The first-order chi connectivity index (χ1) is 9.75. The van der Waals surface area contributed by atoms with Crippen LogP contribution in [0.15, 0.2) is 18.2 Å². The molecule has 1 saturated heterocycles. The Bertz CT molecular complexity index is 504. The van der Waals surface area contributed by atoms with Crippen LogP contribution in [0.4, 0.5) is 11.4 Å². The minimum atomic E-state index is 0. The zero-order valence-corrected chi connectivity index (χ0v) is 14.3. The summed E-state index contributed by atoms with van der Waals surface area (Å²) < 4.78 is 0. The van der Waals surface area contributed by atoms with Crippen molar-refractivity contribution in [3.05, 3.63) is 23.8 Å². The van der Waals surface area contributed by atoms with E-state index in [0.29, 0.717) is 12.3 Å². The van der Waals surface area contributed by atoms with E-state index in [9.17, 15) is 4.79 Å². The summed E-state index contributed by atoms with van der Waals surface area (Å²) in [5.74, 6) is 0.924. The number of nitrogens with one attached hydrogen (secondary N) is 1. The number of nitrogen functional groups attached to an aromatic ring is 1. The first-order valence-corrected chi connectivity index (χ1v) is 7.64. The predicted molar refractivity (Wildman–Crippen MR) is 96.2 cm³/mol. The average molecular weight is 346 g/mol. The molecule has 3 N–H and O–H groups in total. The SMILES string of the molecule is Cl.Cl.Nc1cccc2c1CCCN2C(=O)CCC1CCNC1. The third kappa shape index (κ3) is 4.06. The lowest BCUT2D eigenvalue weighted by Gasteiger charge is -2.30. The largest absolute Gasteiger partial charge is 0.398 e. The third-order valence-corrected chi connectivity index (χ3v) is 4.52. The molecule has 1 atom stereocenters. The fourth-order valence-electron chi connectivity index (χ4n) is 3.33. The molecule has 1 fully saturated rings. The molecule has 2 aliphatic rings. The first-order valence-electron chi connectivity index (χ1n) is 7.64. The fourth-order valence-corrected chi connectivity index (χ4v) is 3.33. The number of carbonyl (C=O) groups is 1. The van der Waals surface area contributed by atoms with E-state index in [-0.39, 0.29) is 30.7 Å². The number of hydrogen-bond donors (Lipinski definition) is 2. The van der Waals surface area contributed by atoms with Gasteiger partial charge < -0.3 is 16.0 Å². The summed E-state index contributed by atoms with van der Waals surface area (Å²) in [6, 6.07) is 5.90. The molecule has 0 spiro atoms. The minimum Gasteiger partial charge on any atom is -0.398 e. The number of nitrogens with zero attached hydrogens (tertiary/aromatic N) is 1. The molecule has 0 aromatic heterocycles. The zero-order chi connectivity index (χ0) is 13.9. The smallest absolute Gasteiger partial charge is 0.226 e. The lowest BCUT2D eigenvalue weighted by molar-refractivity contribution is -0.119. The number of nitrogens with two attached hydrogens (primary N) is 1. The molecule has 2 heterocycles. The Morgan fingerprint density at radius 3 is 2.91 bits per heavy atom. The van der Waals surface area contributed by atoms with Crippen molar-refractivity contribution < 1.29 is 4.79 Å². The first kappa shape index (κ1) is 19.1. The van der Waals surface area contributed by atoms with E-state index in [1.54, 1.807) is 0 Å². The van der Waals surface area contributed by atoms with E-state index in [4.69, 9.17) is 5.73 Å². The Hall–Kier alpha value is -0.970. The van der Waals surface area contributed by atoms with Crippen molar-refractivity contribution in [2.75, 3.05) is 30.3 Å². The van der Waals surface area contributed by atoms with Crippen LogP contribution in [0.2, 0.25) is 0 Å². The average Bonchev–Trinajstić information content (AvgIpc) is 2.98. The van der Waals surface area contributed by atoms with Crippen molar-refractivity contribution in [2.45, 2.75) is 32.1 Å². The molecule has 6 heteroatoms. The Labute approximate surface area is 144 Å². The van der Waals surface area contributed by atoms with E-state index < -0.39 is 0 Å². The molecular formula is C16H25Cl2N3O. The zero-order valence-electron chi connectivity index (χ0n) is 12.7. The lowest BCUT2D eigenvalue weighted by atomic mass is 9.98. The van der Waals surface area contributed by atoms with Gasteiger partial charge in [-0.15, -0.1) is 24.8 Å². The molecule has 0 saturated carbocycles. The maximum atomic E-state index is 12.5. The minimum absolute atomic E-state index is 0. The molecule has 124 valence electrons. The molecule has 2 aliphatic heterocycles. The van der Waals surface area contributed by atoms with Gasteiger partial charge in [0.1, 0.15) is 0 Å². The molecule has 22 heavy (non-hydrogen) atoms. The van der Waals surface area contributed by atoms with Crippen LogP contribution in [0, 0.1) is 5.92 Å². The van der Waals surface area contributed by atoms with Gasteiger partial charge in [0.05, 0.1) is 0 Å². The van der Waals surface area contributed by atoms with Crippen LogP contribution in [0.3, 0.4) is 0 Å². The van der Waals surface area contributed by atoms with Gasteiger partial charge in [-0.1, -0.05) is 6.07 Å². The molecule has 1 aromatic carbocycles. The highest BCUT2D eigenvalue weighted by Crippen LogP contribution is 2.32. The van der Waals surface area contributed by atoms with Crippen molar-refractivity contribution in [1.29, 1.82) is 0 Å². The number of anilines is 2. The van der Waals surface area contributed by atoms with Crippen LogP contribution < -0.4 is 16.0 Å². The number of fused-ring (bicyclic) bond motifs is 1. The molecule has 3 rings (SSSR count). The molecule has 4 nitrogen and oxygen atoms in total. The molecule has 0 bridgehead atoms. The van der Waals surface area contributed by atoms with Crippen LogP contribution in [0.5, 0.6) is 0 Å². The maximum Gasteiger partial charge on any atom is 0.226 e. The predicted octanol–water partition coefficient (Wildman–Crippen LogP) is 2.78. The van der Waals surface area contributed by atoms with Gasteiger partial charge in [-0.05, 0) is 62.4 Å². The van der Waals surface area contributed by atoms with Gasteiger partial charge in [0.25, 0.3) is 0 Å². The quantitative estimate of drug-likeness (QED) is 0.828. The van der Waals surface area contributed by atoms with Gasteiger partial charge in [-0.3, -0.25) is 4.79 Å². The number of benzene rings is 1. The summed E-state index contributed by atoms with van der Waals surface area (Å²) in [5, 5.41) is 3.36. The number of hydrogen-bond acceptors (Lipinski definition) is 3. The summed E-state index contributed by atoms with van der Waals surface area (Å²) in [4.78, 5) is 14.4. The number of amides is 1. The van der Waals surface area contributed by atoms with Crippen molar-refractivity contribution in [1.82, 2.24) is 5.32 Å². The van der Waals surface area contributed by atoms with Crippen molar-refractivity contribution in [2.24, 2.45) is 5.92 Å². The Balaban J connectivity index is 0.00000121. The van der Waals surface area contributed by atoms with Gasteiger partial charge in [-0.2, -0.15) is 0 Å². The van der Waals surface area contributed by atoms with Crippen LogP contribution >= 0.6 is 24.8 Å². The van der Waals surface area contributed by atoms with Gasteiger partial charge in [-0.25, -0.2) is 0 Å². The highest BCUT2D eigenvalue weighted by molar-refractivity contribution is 5.95. The summed E-state index contributed by atoms with van der Waals surface area (Å²) in [7, 11) is 0. The van der Waals surface area contributed by atoms with Gasteiger partial charge in [0, 0.05) is 24.3 Å². The molecule has 1 unspecified atom stereocenters. The highest BCUT2D eigenvalue weighted by atomic mass is 35.5. The monoisotopic (exact) mass is 345 g/mol. The topological polar surface area (TPSA) is 58.4 Å². The van der Waals surface area contributed by atoms with E-state index in [1.807, 2.05) is 23.1 Å². The summed E-state index contributed by atoms with van der Waals surface area (Å²) in [6.45, 7) is 3.00. The standard InChI is InChI=1S/C16H23N3O.2ClH/c17-14-4-1-5-15-13(14)3-2-10-19(15)16(20)7-6-12-8-9-18-11-12;;/h1,4-5,12,18H,2-3,6-11,17H2;2*1H. The maximum absolute atomic E-state index is 12.5. The van der Waals surface area contributed by atoms with Crippen LogP contribution in [0.1, 0.15) is 31.2 Å². The number of rotatable bonds is 3. The number of halogens is 2. The van der Waals surface area contributed by atoms with Crippen molar-refractivity contribution in [3.63, 3.8) is 0 Å². The van der Waals surface area contributed by atoms with Gasteiger partial charge in [0.2, 0.25) is 5.91 Å². The second-order valence-corrected chi connectivity index (χ2v) is 5.89. The van der Waals surface area contributed by atoms with Crippen LogP contribution in [-0.4, -0.2) is 25.5 Å². The Kier molecular flexibility index (Phi) is 7.46. The molecule has 1 aromatic rings. The van der Waals surface area contributed by atoms with E-state index in [2.05, 4.69) is 5.32 Å². The molecule has 0 aliphatic carbocycles. The molecule has 0 radical (unpaired) electrons. The third-order valence-electron chi connectivity index (χ3n) is 4.52. The van der Waals surface area contributed by atoms with Crippen LogP contribution in [0.25, 0.3) is 0 Å². The van der Waals surface area contributed by atoms with E-state index >= 15 is 0 Å². The highest BCUT2D eigenvalue weighted by Gasteiger charge is 2.24. The Morgan fingerprint density at radius 1 is 1.36 bits per heavy atom. The van der Waals surface area contributed by atoms with Crippen molar-refractivity contribution in [3.8, 4) is 0 Å². The van der Waals surface area contributed by atoms with Crippen molar-refractivity contribution >= 4 is 42.1 Å². The fraction of sp³-hybridized carbons (Fsp3) is 0.562. The molecular weight excluding hydrogens is 321 g/mol. The number of carbonyl (C=O) groups excluding carboxylic acids is 1. The summed E-state index contributed by atoms with van der Waals surface area (Å²) in [6.07, 6.45) is 4.85. The lowest BCUT2D eigenvalue weighted by Crippen LogP contribution is -2.35. The van der Waals surface area contributed by atoms with E-state index in [1.165, 1.54) is 6.42 Å². The van der Waals surface area contributed by atoms with Gasteiger partial charge >= 0.3 is 0 Å². The van der Waals surface area contributed by atoms with Gasteiger partial charge in [0.15, 0.2) is 0 Å². The molecule has 1 amide bonds. The van der Waals surface area contributed by atoms with E-state index in [0.717, 1.165) is 55.8 Å². The summed E-state index contributed by atoms with van der Waals surface area (Å²) in [5.41, 5.74) is 9.03. The second kappa shape index (κ2) is 8.61. The van der Waals surface area contributed by atoms with Crippen LogP contribution in [-0.2, 0) is 11.2 Å². The summed E-state index contributed by atoms with van der Waals surface area (Å²) >= 11 is 0.